The van der Waals surface area contributed by atoms with Gasteiger partial charge in [0, 0.05) is 24.8 Å². The predicted octanol–water partition coefficient (Wildman–Crippen LogP) is 3.96. The number of rotatable bonds is 6. The summed E-state index contributed by atoms with van der Waals surface area (Å²) >= 11 is 0. The van der Waals surface area contributed by atoms with Gasteiger partial charge in [-0.2, -0.15) is 5.10 Å². The number of aromatic nitrogens is 2. The number of benzene rings is 2. The monoisotopic (exact) mass is 433 g/mol. The topological polar surface area (TPSA) is 73.7 Å². The summed E-state index contributed by atoms with van der Waals surface area (Å²) in [5.74, 6) is 0.0181. The van der Waals surface area contributed by atoms with Crippen molar-refractivity contribution in [3.63, 3.8) is 0 Å². The lowest BCUT2D eigenvalue weighted by Crippen LogP contribution is -2.42. The van der Waals surface area contributed by atoms with E-state index < -0.39 is 0 Å². The third-order valence-corrected chi connectivity index (χ3v) is 5.64. The van der Waals surface area contributed by atoms with Crippen LogP contribution < -0.4 is 4.74 Å². The van der Waals surface area contributed by atoms with Crippen molar-refractivity contribution in [2.24, 2.45) is 5.92 Å². The number of nitrogens with zero attached hydrogens (tertiary/aromatic N) is 3. The number of esters is 1. The highest BCUT2D eigenvalue weighted by atomic mass is 16.5. The summed E-state index contributed by atoms with van der Waals surface area (Å²) in [5, 5.41) is 4.75. The number of ether oxygens (including phenoxy) is 2. The third kappa shape index (κ3) is 4.51. The molecule has 1 aliphatic rings. The van der Waals surface area contributed by atoms with Crippen LogP contribution in [0.5, 0.6) is 5.75 Å². The highest BCUT2D eigenvalue weighted by Gasteiger charge is 2.32. The van der Waals surface area contributed by atoms with E-state index in [0.717, 1.165) is 24.1 Å². The smallest absolute Gasteiger partial charge is 0.310 e. The van der Waals surface area contributed by atoms with Crippen LogP contribution in [0, 0.1) is 5.92 Å². The standard InChI is InChI=1S/C25H27N3O4/c1-3-32-25(30)19-10-8-14-27(16-19)24(29)22-17-28(20-11-5-4-6-12-20)26-23(22)18-9-7-13-21(15-18)31-2/h4-7,9,11-13,15,17,19H,3,8,10,14,16H2,1-2H3. The SMILES string of the molecule is CCOC(=O)C1CCCN(C(=O)c2cn(-c3ccccc3)nc2-c2cccc(OC)c2)C1. The molecule has 2 heterocycles. The molecule has 0 bridgehead atoms. The number of hydrogen-bond acceptors (Lipinski definition) is 5. The first-order chi connectivity index (χ1) is 15.6. The highest BCUT2D eigenvalue weighted by Crippen LogP contribution is 2.29. The Labute approximate surface area is 187 Å². The molecule has 1 amide bonds. The van der Waals surface area contributed by atoms with Crippen molar-refractivity contribution in [2.45, 2.75) is 19.8 Å². The molecule has 1 aromatic heterocycles. The summed E-state index contributed by atoms with van der Waals surface area (Å²) < 4.78 is 12.3. The van der Waals surface area contributed by atoms with E-state index in [-0.39, 0.29) is 17.8 Å². The Balaban J connectivity index is 1.70. The van der Waals surface area contributed by atoms with E-state index in [4.69, 9.17) is 14.6 Å². The Morgan fingerprint density at radius 3 is 2.69 bits per heavy atom. The van der Waals surface area contributed by atoms with Gasteiger partial charge in [-0.05, 0) is 44.0 Å². The van der Waals surface area contributed by atoms with Crippen molar-refractivity contribution < 1.29 is 19.1 Å². The minimum absolute atomic E-state index is 0.140. The first-order valence-corrected chi connectivity index (χ1v) is 10.9. The molecule has 32 heavy (non-hydrogen) atoms. The molecule has 3 aromatic rings. The summed E-state index contributed by atoms with van der Waals surface area (Å²) in [6.07, 6.45) is 3.26. The number of piperidine rings is 1. The molecule has 0 radical (unpaired) electrons. The van der Waals surface area contributed by atoms with Crippen LogP contribution in [-0.4, -0.2) is 53.4 Å². The molecule has 1 aliphatic heterocycles. The maximum atomic E-state index is 13.6. The van der Waals surface area contributed by atoms with Crippen LogP contribution in [0.2, 0.25) is 0 Å². The number of likely N-dealkylation sites (tertiary alicyclic amines) is 1. The zero-order valence-corrected chi connectivity index (χ0v) is 18.4. The van der Waals surface area contributed by atoms with Crippen LogP contribution in [0.3, 0.4) is 0 Å². The van der Waals surface area contributed by atoms with E-state index in [1.807, 2.05) is 54.6 Å². The van der Waals surface area contributed by atoms with Crippen molar-refractivity contribution in [1.82, 2.24) is 14.7 Å². The maximum Gasteiger partial charge on any atom is 0.310 e. The van der Waals surface area contributed by atoms with Crippen molar-refractivity contribution in [2.75, 3.05) is 26.8 Å². The van der Waals surface area contributed by atoms with Gasteiger partial charge in [0.2, 0.25) is 0 Å². The van der Waals surface area contributed by atoms with E-state index in [1.54, 1.807) is 29.8 Å². The highest BCUT2D eigenvalue weighted by molar-refractivity contribution is 6.00. The van der Waals surface area contributed by atoms with Crippen LogP contribution in [0.4, 0.5) is 0 Å². The average Bonchev–Trinajstić information content (AvgIpc) is 3.30. The van der Waals surface area contributed by atoms with Crippen LogP contribution in [0.1, 0.15) is 30.1 Å². The quantitative estimate of drug-likeness (QED) is 0.550. The van der Waals surface area contributed by atoms with Crippen LogP contribution in [0.25, 0.3) is 16.9 Å². The molecular formula is C25H27N3O4. The van der Waals surface area contributed by atoms with Gasteiger partial charge in [0.15, 0.2) is 0 Å². The zero-order valence-electron chi connectivity index (χ0n) is 18.4. The predicted molar refractivity (Wildman–Crippen MR) is 121 cm³/mol. The molecule has 0 aliphatic carbocycles. The normalized spacial score (nSPS) is 15.9. The molecule has 0 saturated carbocycles. The fourth-order valence-electron chi connectivity index (χ4n) is 4.01. The summed E-state index contributed by atoms with van der Waals surface area (Å²) in [6.45, 7) is 3.09. The summed E-state index contributed by atoms with van der Waals surface area (Å²) in [5.41, 5.74) is 2.72. The van der Waals surface area contributed by atoms with Gasteiger partial charge >= 0.3 is 5.97 Å². The van der Waals surface area contributed by atoms with Crippen LogP contribution in [-0.2, 0) is 9.53 Å². The second kappa shape index (κ2) is 9.68. The minimum Gasteiger partial charge on any atom is -0.497 e. The molecule has 4 rings (SSSR count). The van der Waals surface area contributed by atoms with Gasteiger partial charge in [-0.3, -0.25) is 9.59 Å². The number of carbonyl (C=O) groups excluding carboxylic acids is 2. The van der Waals surface area contributed by atoms with Gasteiger partial charge in [0.05, 0.1) is 30.9 Å². The van der Waals surface area contributed by atoms with Crippen LogP contribution in [0.15, 0.2) is 60.8 Å². The lowest BCUT2D eigenvalue weighted by molar-refractivity contribution is -0.149. The van der Waals surface area contributed by atoms with E-state index in [9.17, 15) is 9.59 Å². The molecular weight excluding hydrogens is 406 g/mol. The lowest BCUT2D eigenvalue weighted by Gasteiger charge is -2.31. The summed E-state index contributed by atoms with van der Waals surface area (Å²) in [7, 11) is 1.61. The number of carbonyl (C=O) groups is 2. The summed E-state index contributed by atoms with van der Waals surface area (Å²) in [6, 6.07) is 17.2. The van der Waals surface area contributed by atoms with Crippen molar-refractivity contribution in [3.05, 3.63) is 66.4 Å². The lowest BCUT2D eigenvalue weighted by atomic mass is 9.97. The Hall–Kier alpha value is -3.61. The molecule has 2 aromatic carbocycles. The van der Waals surface area contributed by atoms with Gasteiger partial charge in [-0.25, -0.2) is 4.68 Å². The molecule has 1 atom stereocenters. The minimum atomic E-state index is -0.294. The maximum absolute atomic E-state index is 13.6. The third-order valence-electron chi connectivity index (χ3n) is 5.64. The Morgan fingerprint density at radius 1 is 1.12 bits per heavy atom. The second-order valence-corrected chi connectivity index (χ2v) is 7.75. The Morgan fingerprint density at radius 2 is 1.94 bits per heavy atom. The molecule has 1 fully saturated rings. The number of para-hydroxylation sites is 1. The molecule has 7 heteroatoms. The van der Waals surface area contributed by atoms with Gasteiger partial charge < -0.3 is 14.4 Å². The molecule has 7 nitrogen and oxygen atoms in total. The first-order valence-electron chi connectivity index (χ1n) is 10.9. The number of methoxy groups -OCH3 is 1. The number of amides is 1. The van der Waals surface area contributed by atoms with E-state index >= 15 is 0 Å². The summed E-state index contributed by atoms with van der Waals surface area (Å²) in [4.78, 5) is 27.6. The fourth-order valence-corrected chi connectivity index (χ4v) is 4.01. The van der Waals surface area contributed by atoms with Crippen molar-refractivity contribution in [3.8, 4) is 22.7 Å². The van der Waals surface area contributed by atoms with Crippen molar-refractivity contribution in [1.29, 1.82) is 0 Å². The largest absolute Gasteiger partial charge is 0.497 e. The number of hydrogen-bond donors (Lipinski definition) is 0. The van der Waals surface area contributed by atoms with Crippen molar-refractivity contribution >= 4 is 11.9 Å². The van der Waals surface area contributed by atoms with Gasteiger partial charge in [0.25, 0.3) is 5.91 Å². The first kappa shape index (κ1) is 21.6. The van der Waals surface area contributed by atoms with E-state index in [1.165, 1.54) is 0 Å². The van der Waals surface area contributed by atoms with Crippen LogP contribution >= 0.6 is 0 Å². The second-order valence-electron chi connectivity index (χ2n) is 7.75. The Bertz CT molecular complexity index is 1090. The fraction of sp³-hybridized carbons (Fsp3) is 0.320. The molecule has 166 valence electrons. The molecule has 1 unspecified atom stereocenters. The Kier molecular flexibility index (Phi) is 6.54. The van der Waals surface area contributed by atoms with Gasteiger partial charge in [-0.15, -0.1) is 0 Å². The average molecular weight is 434 g/mol. The molecule has 0 N–H and O–H groups in total. The van der Waals surface area contributed by atoms with Gasteiger partial charge in [0.1, 0.15) is 11.4 Å². The molecule has 1 saturated heterocycles. The van der Waals surface area contributed by atoms with Gasteiger partial charge in [-0.1, -0.05) is 30.3 Å². The zero-order chi connectivity index (χ0) is 22.5. The van der Waals surface area contributed by atoms with E-state index in [0.29, 0.717) is 36.7 Å². The van der Waals surface area contributed by atoms with E-state index in [2.05, 4.69) is 0 Å². The molecule has 0 spiro atoms.